The molecule has 3 nitrogen and oxygen atoms in total. The van der Waals surface area contributed by atoms with Gasteiger partial charge in [0.05, 0.1) is 13.3 Å². The maximum Gasteiger partial charge on any atom is 0.137 e. The van der Waals surface area contributed by atoms with Gasteiger partial charge in [-0.2, -0.15) is 11.8 Å². The van der Waals surface area contributed by atoms with Crippen LogP contribution in [0.4, 0.5) is 0 Å². The minimum absolute atomic E-state index is 0.0996. The summed E-state index contributed by atoms with van der Waals surface area (Å²) in [5, 5.41) is 0. The monoisotopic (exact) mass is 224 g/mol. The molecular weight excluding hydrogens is 208 g/mol. The van der Waals surface area contributed by atoms with Crippen molar-refractivity contribution in [1.82, 2.24) is 4.98 Å². The van der Waals surface area contributed by atoms with Crippen LogP contribution < -0.4 is 10.5 Å². The molecule has 4 heteroatoms. The highest BCUT2D eigenvalue weighted by molar-refractivity contribution is 7.99. The predicted octanol–water partition coefficient (Wildman–Crippen LogP) is 1.84. The summed E-state index contributed by atoms with van der Waals surface area (Å²) >= 11 is 1.98. The normalized spacial score (nSPS) is 22.7. The second-order valence-corrected chi connectivity index (χ2v) is 4.96. The quantitative estimate of drug-likeness (QED) is 0.851. The van der Waals surface area contributed by atoms with Crippen LogP contribution in [0.2, 0.25) is 0 Å². The van der Waals surface area contributed by atoms with E-state index in [0.717, 1.165) is 11.3 Å². The van der Waals surface area contributed by atoms with E-state index in [9.17, 15) is 0 Å². The van der Waals surface area contributed by atoms with Gasteiger partial charge in [-0.3, -0.25) is 4.98 Å². The zero-order valence-electron chi connectivity index (χ0n) is 8.85. The van der Waals surface area contributed by atoms with Crippen molar-refractivity contribution < 1.29 is 4.74 Å². The maximum atomic E-state index is 6.21. The van der Waals surface area contributed by atoms with Crippen molar-refractivity contribution in [3.63, 3.8) is 0 Å². The Balaban J connectivity index is 2.13. The van der Waals surface area contributed by atoms with Crippen molar-refractivity contribution in [3.8, 4) is 5.75 Å². The van der Waals surface area contributed by atoms with Crippen molar-refractivity contribution in [2.75, 3.05) is 18.6 Å². The van der Waals surface area contributed by atoms with Crippen LogP contribution in [0.25, 0.3) is 0 Å². The average molecular weight is 224 g/mol. The lowest BCUT2D eigenvalue weighted by Gasteiger charge is -2.18. The first kappa shape index (κ1) is 10.8. The lowest BCUT2D eigenvalue weighted by Crippen LogP contribution is -2.21. The smallest absolute Gasteiger partial charge is 0.137 e. The van der Waals surface area contributed by atoms with Gasteiger partial charge in [0, 0.05) is 12.2 Å². The molecule has 0 spiro atoms. The summed E-state index contributed by atoms with van der Waals surface area (Å²) in [5.74, 6) is 3.77. The number of ether oxygens (including phenoxy) is 1. The molecule has 0 radical (unpaired) electrons. The Kier molecular flexibility index (Phi) is 3.49. The van der Waals surface area contributed by atoms with E-state index in [0.29, 0.717) is 5.92 Å². The van der Waals surface area contributed by atoms with Gasteiger partial charge in [-0.15, -0.1) is 0 Å². The number of nitrogens with zero attached hydrogens (tertiary/aromatic N) is 1. The first-order chi connectivity index (χ1) is 7.31. The second kappa shape index (κ2) is 4.86. The van der Waals surface area contributed by atoms with Gasteiger partial charge >= 0.3 is 0 Å². The summed E-state index contributed by atoms with van der Waals surface area (Å²) in [6, 6.07) is 2.09. The van der Waals surface area contributed by atoms with E-state index in [4.69, 9.17) is 10.5 Å². The van der Waals surface area contributed by atoms with Gasteiger partial charge in [0.25, 0.3) is 0 Å². The van der Waals surface area contributed by atoms with E-state index >= 15 is 0 Å². The highest BCUT2D eigenvalue weighted by Crippen LogP contribution is 2.33. The standard InChI is InChI=1S/C11H16N2OS/c1-14-10-4-9(5-13-6-10)11(12)8-2-3-15-7-8/h4-6,8,11H,2-3,7,12H2,1H3. The van der Waals surface area contributed by atoms with E-state index in [1.165, 1.54) is 17.9 Å². The Labute approximate surface area is 94.4 Å². The van der Waals surface area contributed by atoms with Crippen LogP contribution in [0, 0.1) is 5.92 Å². The van der Waals surface area contributed by atoms with Gasteiger partial charge in [0.2, 0.25) is 0 Å². The Morgan fingerprint density at radius 3 is 3.13 bits per heavy atom. The predicted molar refractivity (Wildman–Crippen MR) is 63.1 cm³/mol. The molecule has 15 heavy (non-hydrogen) atoms. The zero-order chi connectivity index (χ0) is 10.7. The molecule has 0 saturated carbocycles. The number of thioether (sulfide) groups is 1. The van der Waals surface area contributed by atoms with Crippen LogP contribution in [0.15, 0.2) is 18.5 Å². The number of hydrogen-bond donors (Lipinski definition) is 1. The molecule has 0 aliphatic carbocycles. The summed E-state index contributed by atoms with van der Waals surface area (Å²) in [7, 11) is 1.65. The van der Waals surface area contributed by atoms with Crippen LogP contribution in [-0.2, 0) is 0 Å². The number of aromatic nitrogens is 1. The second-order valence-electron chi connectivity index (χ2n) is 3.81. The lowest BCUT2D eigenvalue weighted by atomic mass is 9.94. The molecular formula is C11H16N2OS. The SMILES string of the molecule is COc1cncc(C(N)C2CCSC2)c1. The first-order valence-corrected chi connectivity index (χ1v) is 6.29. The fourth-order valence-electron chi connectivity index (χ4n) is 1.84. The highest BCUT2D eigenvalue weighted by atomic mass is 32.2. The molecule has 2 rings (SSSR count). The van der Waals surface area contributed by atoms with E-state index in [2.05, 4.69) is 4.98 Å². The fourth-order valence-corrected chi connectivity index (χ4v) is 3.15. The number of pyridine rings is 1. The molecule has 2 unspecified atom stereocenters. The van der Waals surface area contributed by atoms with Crippen LogP contribution >= 0.6 is 11.8 Å². The third-order valence-corrected chi connectivity index (χ3v) is 4.02. The third-order valence-electron chi connectivity index (χ3n) is 2.83. The molecule has 82 valence electrons. The maximum absolute atomic E-state index is 6.21. The molecule has 1 saturated heterocycles. The van der Waals surface area contributed by atoms with Crippen molar-refractivity contribution in [2.45, 2.75) is 12.5 Å². The van der Waals surface area contributed by atoms with Gasteiger partial charge in [-0.1, -0.05) is 0 Å². The molecule has 1 fully saturated rings. The number of hydrogen-bond acceptors (Lipinski definition) is 4. The van der Waals surface area contributed by atoms with Crippen molar-refractivity contribution in [1.29, 1.82) is 0 Å². The summed E-state index contributed by atoms with van der Waals surface area (Å²) in [5.41, 5.74) is 7.30. The van der Waals surface area contributed by atoms with E-state index in [1.54, 1.807) is 13.3 Å². The largest absolute Gasteiger partial charge is 0.495 e. The minimum Gasteiger partial charge on any atom is -0.495 e. The summed E-state index contributed by atoms with van der Waals surface area (Å²) in [4.78, 5) is 4.14. The molecule has 1 aliphatic heterocycles. The minimum atomic E-state index is 0.0996. The van der Waals surface area contributed by atoms with Gasteiger partial charge < -0.3 is 10.5 Å². The number of methoxy groups -OCH3 is 1. The van der Waals surface area contributed by atoms with Crippen LogP contribution in [0.1, 0.15) is 18.0 Å². The Morgan fingerprint density at radius 2 is 2.47 bits per heavy atom. The molecule has 2 atom stereocenters. The summed E-state index contributed by atoms with van der Waals surface area (Å²) < 4.78 is 5.14. The topological polar surface area (TPSA) is 48.1 Å². The Bertz CT molecular complexity index is 326. The number of rotatable bonds is 3. The van der Waals surface area contributed by atoms with E-state index < -0.39 is 0 Å². The van der Waals surface area contributed by atoms with Crippen molar-refractivity contribution in [3.05, 3.63) is 24.0 Å². The molecule has 1 aliphatic rings. The Morgan fingerprint density at radius 1 is 1.60 bits per heavy atom. The zero-order valence-corrected chi connectivity index (χ0v) is 9.67. The molecule has 0 bridgehead atoms. The molecule has 1 aromatic heterocycles. The Hall–Kier alpha value is -0.740. The van der Waals surface area contributed by atoms with Crippen LogP contribution in [-0.4, -0.2) is 23.6 Å². The van der Waals surface area contributed by atoms with Crippen molar-refractivity contribution in [2.24, 2.45) is 11.7 Å². The van der Waals surface area contributed by atoms with Crippen LogP contribution in [0.3, 0.4) is 0 Å². The molecule has 2 heterocycles. The van der Waals surface area contributed by atoms with Crippen LogP contribution in [0.5, 0.6) is 5.75 Å². The van der Waals surface area contributed by atoms with E-state index in [1.807, 2.05) is 24.0 Å². The number of nitrogens with two attached hydrogens (primary N) is 1. The molecule has 0 amide bonds. The molecule has 0 aromatic carbocycles. The lowest BCUT2D eigenvalue weighted by molar-refractivity contribution is 0.409. The van der Waals surface area contributed by atoms with Crippen molar-refractivity contribution >= 4 is 11.8 Å². The summed E-state index contributed by atoms with van der Waals surface area (Å²) in [6.07, 6.45) is 4.76. The molecule has 1 aromatic rings. The fraction of sp³-hybridized carbons (Fsp3) is 0.545. The molecule has 2 N–H and O–H groups in total. The van der Waals surface area contributed by atoms with Gasteiger partial charge in [0.15, 0.2) is 0 Å². The van der Waals surface area contributed by atoms with E-state index in [-0.39, 0.29) is 6.04 Å². The van der Waals surface area contributed by atoms with Gasteiger partial charge in [-0.05, 0) is 35.5 Å². The highest BCUT2D eigenvalue weighted by Gasteiger charge is 2.24. The average Bonchev–Trinajstić information content (AvgIpc) is 2.81. The van der Waals surface area contributed by atoms with Gasteiger partial charge in [-0.25, -0.2) is 0 Å². The first-order valence-electron chi connectivity index (χ1n) is 5.13. The third kappa shape index (κ3) is 2.44. The van der Waals surface area contributed by atoms with Gasteiger partial charge in [0.1, 0.15) is 5.75 Å². The summed E-state index contributed by atoms with van der Waals surface area (Å²) in [6.45, 7) is 0.